The molecule has 1 N–H and O–H groups in total. The lowest BCUT2D eigenvalue weighted by atomic mass is 9.47. The second-order valence-corrected chi connectivity index (χ2v) is 12.1. The van der Waals surface area contributed by atoms with Gasteiger partial charge in [0, 0.05) is 19.2 Å². The number of nitrogens with zero attached hydrogens (tertiary/aromatic N) is 5. The average molecular weight is 470 g/mol. The quantitative estimate of drug-likeness (QED) is 0.481. The van der Waals surface area contributed by atoms with Crippen molar-refractivity contribution in [2.45, 2.75) is 84.3 Å². The zero-order valence-electron chi connectivity index (χ0n) is 21.5. The van der Waals surface area contributed by atoms with Crippen LogP contribution in [0.3, 0.4) is 0 Å². The average Bonchev–Trinajstić information content (AvgIpc) is 3.39. The van der Waals surface area contributed by atoms with Gasteiger partial charge in [-0.3, -0.25) is 0 Å². The summed E-state index contributed by atoms with van der Waals surface area (Å²) in [5.41, 5.74) is 4.15. The number of likely N-dealkylation sites (N-methyl/N-ethyl adjacent to an activating group) is 1. The second kappa shape index (κ2) is 9.38. The van der Waals surface area contributed by atoms with Crippen molar-refractivity contribution in [3.63, 3.8) is 0 Å². The van der Waals surface area contributed by atoms with Gasteiger partial charge in [-0.1, -0.05) is 29.8 Å². The van der Waals surface area contributed by atoms with Crippen LogP contribution in [0.5, 0.6) is 0 Å². The fourth-order valence-electron chi connectivity index (χ4n) is 7.78. The number of aliphatic hydroxyl groups is 1. The van der Waals surface area contributed by atoms with Gasteiger partial charge in [-0.2, -0.15) is 0 Å². The van der Waals surface area contributed by atoms with Crippen LogP contribution in [0.4, 0.5) is 0 Å². The predicted octanol–water partition coefficient (Wildman–Crippen LogP) is 4.08. The molecule has 0 amide bonds. The van der Waals surface area contributed by atoms with Crippen molar-refractivity contribution in [3.8, 4) is 0 Å². The molecule has 3 saturated carbocycles. The normalized spacial score (nSPS) is 38.4. The Hall–Kier alpha value is -1.73. The SMILES string of the molecule is CN(C)CCc1cn(CCON=C2C=C3CCC4C(CC[C@@]5(C)C4CC[C@@H]5O)[C@@]3(C)CC2)nn1. The molecule has 1 aromatic rings. The van der Waals surface area contributed by atoms with Crippen LogP contribution in [-0.4, -0.2) is 64.1 Å². The maximum absolute atomic E-state index is 10.7. The van der Waals surface area contributed by atoms with Gasteiger partial charge in [-0.05, 0) is 100 Å². The molecule has 3 unspecified atom stereocenters. The lowest BCUT2D eigenvalue weighted by molar-refractivity contribution is -0.0722. The van der Waals surface area contributed by atoms with Gasteiger partial charge in [0.2, 0.25) is 0 Å². The molecule has 0 aliphatic heterocycles. The van der Waals surface area contributed by atoms with Crippen molar-refractivity contribution in [1.29, 1.82) is 0 Å². The van der Waals surface area contributed by atoms with Gasteiger partial charge in [0.1, 0.15) is 6.61 Å². The van der Waals surface area contributed by atoms with Crippen LogP contribution in [0.25, 0.3) is 0 Å². The van der Waals surface area contributed by atoms with E-state index in [1.54, 1.807) is 5.57 Å². The first-order chi connectivity index (χ1) is 16.3. The summed E-state index contributed by atoms with van der Waals surface area (Å²) in [5, 5.41) is 23.6. The Morgan fingerprint density at radius 3 is 2.82 bits per heavy atom. The van der Waals surface area contributed by atoms with Crippen LogP contribution in [0, 0.1) is 28.6 Å². The summed E-state index contributed by atoms with van der Waals surface area (Å²) < 4.78 is 1.85. The van der Waals surface area contributed by atoms with Crippen LogP contribution >= 0.6 is 0 Å². The molecule has 1 heterocycles. The lowest BCUT2D eigenvalue weighted by Crippen LogP contribution is -2.51. The molecule has 7 heteroatoms. The van der Waals surface area contributed by atoms with E-state index in [0.29, 0.717) is 24.5 Å². The largest absolute Gasteiger partial charge is 0.394 e. The van der Waals surface area contributed by atoms with E-state index >= 15 is 0 Å². The Kier molecular flexibility index (Phi) is 6.62. The molecule has 188 valence electrons. The molecule has 5 rings (SSSR count). The number of hydrogen-bond acceptors (Lipinski definition) is 6. The molecule has 0 saturated heterocycles. The smallest absolute Gasteiger partial charge is 0.136 e. The summed E-state index contributed by atoms with van der Waals surface area (Å²) in [6, 6.07) is 0. The number of aliphatic hydroxyl groups excluding tert-OH is 1. The molecule has 0 bridgehead atoms. The monoisotopic (exact) mass is 469 g/mol. The Bertz CT molecular complexity index is 939. The Labute approximate surface area is 204 Å². The number of fused-ring (bicyclic) bond motifs is 5. The summed E-state index contributed by atoms with van der Waals surface area (Å²) in [6.07, 6.45) is 14.5. The van der Waals surface area contributed by atoms with E-state index in [4.69, 9.17) is 4.84 Å². The van der Waals surface area contributed by atoms with Crippen molar-refractivity contribution < 1.29 is 9.94 Å². The number of rotatable bonds is 7. The minimum atomic E-state index is -0.0902. The first-order valence-corrected chi connectivity index (χ1v) is 13.4. The van der Waals surface area contributed by atoms with Gasteiger partial charge in [0.25, 0.3) is 0 Å². The van der Waals surface area contributed by atoms with E-state index in [0.717, 1.165) is 49.0 Å². The van der Waals surface area contributed by atoms with Crippen molar-refractivity contribution in [2.75, 3.05) is 27.2 Å². The highest BCUT2D eigenvalue weighted by Gasteiger charge is 2.58. The van der Waals surface area contributed by atoms with Crippen LogP contribution in [0.15, 0.2) is 23.0 Å². The summed E-state index contributed by atoms with van der Waals surface area (Å²) in [5.74, 6) is 2.24. The maximum Gasteiger partial charge on any atom is 0.136 e. The van der Waals surface area contributed by atoms with E-state index in [-0.39, 0.29) is 11.5 Å². The third-order valence-electron chi connectivity index (χ3n) is 9.92. The van der Waals surface area contributed by atoms with Crippen molar-refractivity contribution in [1.82, 2.24) is 19.9 Å². The molecule has 4 aliphatic carbocycles. The van der Waals surface area contributed by atoms with E-state index in [1.807, 2.05) is 10.9 Å². The predicted molar refractivity (Wildman–Crippen MR) is 133 cm³/mol. The third kappa shape index (κ3) is 4.34. The van der Waals surface area contributed by atoms with Crippen molar-refractivity contribution >= 4 is 5.71 Å². The Balaban J connectivity index is 1.17. The maximum atomic E-state index is 10.7. The molecule has 6 atom stereocenters. The van der Waals surface area contributed by atoms with E-state index in [9.17, 15) is 5.11 Å². The van der Waals surface area contributed by atoms with E-state index < -0.39 is 0 Å². The molecule has 0 spiro atoms. The fraction of sp³-hybridized carbons (Fsp3) is 0.815. The molecule has 0 aromatic carbocycles. The van der Waals surface area contributed by atoms with Gasteiger partial charge >= 0.3 is 0 Å². The first kappa shape index (κ1) is 24.0. The van der Waals surface area contributed by atoms with Crippen molar-refractivity contribution in [2.24, 2.45) is 33.7 Å². The number of hydrogen-bond donors (Lipinski definition) is 1. The van der Waals surface area contributed by atoms with Crippen molar-refractivity contribution in [3.05, 3.63) is 23.5 Å². The van der Waals surface area contributed by atoms with E-state index in [2.05, 4.69) is 54.4 Å². The van der Waals surface area contributed by atoms with Crippen LogP contribution < -0.4 is 0 Å². The van der Waals surface area contributed by atoms with Gasteiger partial charge in [0.15, 0.2) is 0 Å². The standard InChI is InChI=1S/C27H43N5O2/c1-26-12-9-20(29-34-16-15-32-18-21(28-30-32)11-14-31(3)4)17-19(26)5-6-22-23-7-8-25(33)27(23,2)13-10-24(22)26/h17-18,22-25,33H,5-16H2,1-4H3/t22?,23?,24?,25-,26-,27-/m0/s1. The van der Waals surface area contributed by atoms with Gasteiger partial charge < -0.3 is 14.8 Å². The first-order valence-electron chi connectivity index (χ1n) is 13.4. The molecular formula is C27H43N5O2. The second-order valence-electron chi connectivity index (χ2n) is 12.1. The van der Waals surface area contributed by atoms with E-state index in [1.165, 1.54) is 38.5 Å². The topological polar surface area (TPSA) is 75.8 Å². The number of oxime groups is 1. The third-order valence-corrected chi connectivity index (χ3v) is 9.92. The number of aromatic nitrogens is 3. The molecular weight excluding hydrogens is 426 g/mol. The fourth-order valence-corrected chi connectivity index (χ4v) is 7.78. The summed E-state index contributed by atoms with van der Waals surface area (Å²) in [6.45, 7) is 7.02. The molecule has 3 fully saturated rings. The van der Waals surface area contributed by atoms with Gasteiger partial charge in [0.05, 0.1) is 24.1 Å². The summed E-state index contributed by atoms with van der Waals surface area (Å²) in [4.78, 5) is 7.86. The Morgan fingerprint density at radius 1 is 1.15 bits per heavy atom. The highest BCUT2D eigenvalue weighted by molar-refractivity contribution is 5.96. The Morgan fingerprint density at radius 2 is 2.00 bits per heavy atom. The minimum absolute atomic E-state index is 0.0902. The highest BCUT2D eigenvalue weighted by Crippen LogP contribution is 2.65. The lowest BCUT2D eigenvalue weighted by Gasteiger charge is -2.57. The van der Waals surface area contributed by atoms with Crippen LogP contribution in [0.1, 0.15) is 70.9 Å². The summed E-state index contributed by atoms with van der Waals surface area (Å²) in [7, 11) is 4.13. The zero-order valence-corrected chi connectivity index (χ0v) is 21.5. The van der Waals surface area contributed by atoms with Crippen LogP contribution in [0.2, 0.25) is 0 Å². The molecule has 7 nitrogen and oxygen atoms in total. The van der Waals surface area contributed by atoms with Crippen LogP contribution in [-0.2, 0) is 17.8 Å². The zero-order chi connectivity index (χ0) is 23.9. The minimum Gasteiger partial charge on any atom is -0.394 e. The van der Waals surface area contributed by atoms with Gasteiger partial charge in [-0.15, -0.1) is 5.10 Å². The molecule has 0 radical (unpaired) electrons. The molecule has 34 heavy (non-hydrogen) atoms. The summed E-state index contributed by atoms with van der Waals surface area (Å²) >= 11 is 0. The molecule has 1 aromatic heterocycles. The number of allylic oxidation sites excluding steroid dienone is 2. The molecule has 4 aliphatic rings. The highest BCUT2D eigenvalue weighted by atomic mass is 16.6. The van der Waals surface area contributed by atoms with Gasteiger partial charge in [-0.25, -0.2) is 4.68 Å².